The van der Waals surface area contributed by atoms with Crippen LogP contribution in [0.15, 0.2) is 47.1 Å². The van der Waals surface area contributed by atoms with Crippen molar-refractivity contribution >= 4 is 39.2 Å². The first-order valence-electron chi connectivity index (χ1n) is 9.79. The molecule has 1 atom stereocenters. The van der Waals surface area contributed by atoms with E-state index in [0.717, 1.165) is 58.5 Å². The lowest BCUT2D eigenvalue weighted by molar-refractivity contribution is -0.121. The predicted octanol–water partition coefficient (Wildman–Crippen LogP) is 5.18. The summed E-state index contributed by atoms with van der Waals surface area (Å²) in [5, 5.41) is 16.2. The van der Waals surface area contributed by atoms with Crippen LogP contribution >= 0.6 is 23.1 Å². The Bertz CT molecular complexity index is 1050. The van der Waals surface area contributed by atoms with Crippen molar-refractivity contribution in [2.45, 2.75) is 54.8 Å². The molecule has 0 spiro atoms. The number of nitriles is 1. The van der Waals surface area contributed by atoms with Crippen LogP contribution in [0.5, 0.6) is 0 Å². The number of rotatable bonds is 5. The van der Waals surface area contributed by atoms with Crippen LogP contribution in [-0.2, 0) is 4.79 Å². The van der Waals surface area contributed by atoms with E-state index in [-0.39, 0.29) is 11.2 Å². The normalized spacial score (nSPS) is 16.8. The zero-order valence-electron chi connectivity index (χ0n) is 16.2. The van der Waals surface area contributed by atoms with Gasteiger partial charge in [0, 0.05) is 10.9 Å². The SMILES string of the molecule is C[C@H](Sc1ncnc2scc(-c3ccccc3)c12)C(=O)NC1(C#N)CCCCC1. The van der Waals surface area contributed by atoms with Gasteiger partial charge in [0.1, 0.15) is 21.7 Å². The minimum absolute atomic E-state index is 0.110. The van der Waals surface area contributed by atoms with Gasteiger partial charge in [0.15, 0.2) is 0 Å². The highest BCUT2D eigenvalue weighted by Crippen LogP contribution is 2.39. The van der Waals surface area contributed by atoms with Gasteiger partial charge in [-0.1, -0.05) is 61.4 Å². The number of nitrogens with zero attached hydrogens (tertiary/aromatic N) is 3. The van der Waals surface area contributed by atoms with E-state index in [1.54, 1.807) is 17.7 Å². The second-order valence-corrected chi connectivity index (χ2v) is 9.57. The maximum absolute atomic E-state index is 12.9. The van der Waals surface area contributed by atoms with Crippen LogP contribution in [0.2, 0.25) is 0 Å². The summed E-state index contributed by atoms with van der Waals surface area (Å²) in [6.45, 7) is 1.87. The van der Waals surface area contributed by atoms with E-state index in [2.05, 4.69) is 38.9 Å². The molecular formula is C22H22N4OS2. The molecule has 0 aliphatic heterocycles. The number of carbonyl (C=O) groups excluding carboxylic acids is 1. The van der Waals surface area contributed by atoms with Gasteiger partial charge in [-0.25, -0.2) is 9.97 Å². The van der Waals surface area contributed by atoms with Crippen molar-refractivity contribution in [1.82, 2.24) is 15.3 Å². The molecule has 7 heteroatoms. The Morgan fingerprint density at radius 1 is 1.24 bits per heavy atom. The van der Waals surface area contributed by atoms with Gasteiger partial charge in [0.2, 0.25) is 5.91 Å². The molecular weight excluding hydrogens is 400 g/mol. The van der Waals surface area contributed by atoms with Gasteiger partial charge in [0.05, 0.1) is 16.7 Å². The molecule has 1 aliphatic carbocycles. The monoisotopic (exact) mass is 422 g/mol. The third-order valence-electron chi connectivity index (χ3n) is 5.36. The summed E-state index contributed by atoms with van der Waals surface area (Å²) in [7, 11) is 0. The molecule has 1 N–H and O–H groups in total. The molecule has 2 heterocycles. The minimum Gasteiger partial charge on any atom is -0.337 e. The molecule has 2 aromatic heterocycles. The Morgan fingerprint density at radius 3 is 2.72 bits per heavy atom. The number of benzene rings is 1. The molecule has 1 fully saturated rings. The quantitative estimate of drug-likeness (QED) is 0.453. The predicted molar refractivity (Wildman–Crippen MR) is 118 cm³/mol. The highest BCUT2D eigenvalue weighted by atomic mass is 32.2. The van der Waals surface area contributed by atoms with Gasteiger partial charge >= 0.3 is 0 Å². The van der Waals surface area contributed by atoms with Crippen LogP contribution in [0.4, 0.5) is 0 Å². The van der Waals surface area contributed by atoms with Crippen molar-refractivity contribution in [2.24, 2.45) is 0 Å². The number of aromatic nitrogens is 2. The zero-order valence-corrected chi connectivity index (χ0v) is 17.9. The van der Waals surface area contributed by atoms with E-state index in [0.29, 0.717) is 0 Å². The molecule has 5 nitrogen and oxygen atoms in total. The topological polar surface area (TPSA) is 78.7 Å². The Hall–Kier alpha value is -2.43. The third kappa shape index (κ3) is 4.14. The summed E-state index contributed by atoms with van der Waals surface area (Å²) in [6.07, 6.45) is 6.11. The lowest BCUT2D eigenvalue weighted by atomic mass is 9.83. The molecule has 1 aromatic carbocycles. The first-order chi connectivity index (χ1) is 14.1. The summed E-state index contributed by atoms with van der Waals surface area (Å²) in [4.78, 5) is 22.7. The molecule has 0 saturated heterocycles. The second kappa shape index (κ2) is 8.52. The lowest BCUT2D eigenvalue weighted by Gasteiger charge is -2.32. The number of fused-ring (bicyclic) bond motifs is 1. The number of thioether (sulfide) groups is 1. The second-order valence-electron chi connectivity index (χ2n) is 7.38. The minimum atomic E-state index is -0.720. The first-order valence-corrected chi connectivity index (χ1v) is 11.6. The number of thiophene rings is 1. The number of hydrogen-bond acceptors (Lipinski definition) is 6. The van der Waals surface area contributed by atoms with Gasteiger partial charge in [-0.3, -0.25) is 4.79 Å². The largest absolute Gasteiger partial charge is 0.337 e. The van der Waals surface area contributed by atoms with E-state index in [9.17, 15) is 10.1 Å². The molecule has 0 unspecified atom stereocenters. The van der Waals surface area contributed by atoms with Crippen LogP contribution in [0.1, 0.15) is 39.0 Å². The average molecular weight is 423 g/mol. The van der Waals surface area contributed by atoms with Gasteiger partial charge in [-0.05, 0) is 25.3 Å². The zero-order chi connectivity index (χ0) is 20.3. The van der Waals surface area contributed by atoms with Gasteiger partial charge in [-0.2, -0.15) is 5.26 Å². The fraction of sp³-hybridized carbons (Fsp3) is 0.364. The average Bonchev–Trinajstić information content (AvgIpc) is 3.20. The molecule has 3 aromatic rings. The summed E-state index contributed by atoms with van der Waals surface area (Å²) < 4.78 is 0. The van der Waals surface area contributed by atoms with Gasteiger partial charge in [0.25, 0.3) is 0 Å². The Kier molecular flexibility index (Phi) is 5.84. The van der Waals surface area contributed by atoms with Crippen LogP contribution in [0, 0.1) is 11.3 Å². The van der Waals surface area contributed by atoms with E-state index >= 15 is 0 Å². The van der Waals surface area contributed by atoms with Crippen LogP contribution < -0.4 is 5.32 Å². The Balaban J connectivity index is 1.58. The van der Waals surface area contributed by atoms with Crippen molar-refractivity contribution in [2.75, 3.05) is 0 Å². The maximum atomic E-state index is 12.9. The van der Waals surface area contributed by atoms with Crippen molar-refractivity contribution in [3.05, 3.63) is 42.0 Å². The smallest absolute Gasteiger partial charge is 0.234 e. The summed E-state index contributed by atoms with van der Waals surface area (Å²) in [6, 6.07) is 12.5. The molecule has 148 valence electrons. The molecule has 4 rings (SSSR count). The van der Waals surface area contributed by atoms with Crippen molar-refractivity contribution in [3.63, 3.8) is 0 Å². The molecule has 1 aliphatic rings. The summed E-state index contributed by atoms with van der Waals surface area (Å²) >= 11 is 3.01. The summed E-state index contributed by atoms with van der Waals surface area (Å²) in [5.41, 5.74) is 1.48. The standard InChI is InChI=1S/C22H22N4OS2/c1-15(19(27)26-22(13-23)10-6-3-7-11-22)29-21-18-17(16-8-4-2-5-9-16)12-28-20(18)24-14-25-21/h2,4-5,8-9,12,14-15H,3,6-7,10-11H2,1H3,(H,26,27)/t15-/m0/s1. The van der Waals surface area contributed by atoms with Crippen LogP contribution in [0.25, 0.3) is 21.3 Å². The number of amides is 1. The van der Waals surface area contributed by atoms with E-state index in [1.807, 2.05) is 25.1 Å². The van der Waals surface area contributed by atoms with Gasteiger partial charge in [-0.15, -0.1) is 11.3 Å². The van der Waals surface area contributed by atoms with E-state index < -0.39 is 5.54 Å². The number of carbonyl (C=O) groups is 1. The summed E-state index contributed by atoms with van der Waals surface area (Å²) in [5.74, 6) is -0.110. The van der Waals surface area contributed by atoms with Crippen LogP contribution in [0.3, 0.4) is 0 Å². The molecule has 29 heavy (non-hydrogen) atoms. The molecule has 1 amide bonds. The maximum Gasteiger partial charge on any atom is 0.234 e. The number of nitrogens with one attached hydrogen (secondary N) is 1. The molecule has 0 bridgehead atoms. The highest BCUT2D eigenvalue weighted by Gasteiger charge is 2.35. The molecule has 1 saturated carbocycles. The van der Waals surface area contributed by atoms with Gasteiger partial charge < -0.3 is 5.32 Å². The van der Waals surface area contributed by atoms with E-state index in [1.165, 1.54) is 11.8 Å². The molecule has 0 radical (unpaired) electrons. The fourth-order valence-corrected chi connectivity index (χ4v) is 5.66. The number of hydrogen-bond donors (Lipinski definition) is 1. The Labute approximate surface area is 178 Å². The van der Waals surface area contributed by atoms with Crippen molar-refractivity contribution in [1.29, 1.82) is 5.26 Å². The fourth-order valence-electron chi connectivity index (χ4n) is 3.75. The highest BCUT2D eigenvalue weighted by molar-refractivity contribution is 8.00. The Morgan fingerprint density at radius 2 is 2.00 bits per heavy atom. The lowest BCUT2D eigenvalue weighted by Crippen LogP contribution is -2.50. The van der Waals surface area contributed by atoms with Crippen LogP contribution in [-0.4, -0.2) is 26.7 Å². The van der Waals surface area contributed by atoms with Crippen molar-refractivity contribution < 1.29 is 4.79 Å². The van der Waals surface area contributed by atoms with Crippen molar-refractivity contribution in [3.8, 4) is 17.2 Å². The third-order valence-corrected chi connectivity index (χ3v) is 7.35. The first kappa shape index (κ1) is 19.9. The van der Waals surface area contributed by atoms with E-state index in [4.69, 9.17) is 0 Å².